The van der Waals surface area contributed by atoms with Crippen LogP contribution in [0.5, 0.6) is 5.75 Å². The van der Waals surface area contributed by atoms with Gasteiger partial charge in [-0.3, -0.25) is 4.79 Å². The van der Waals surface area contributed by atoms with Crippen LogP contribution in [0.4, 0.5) is 5.69 Å². The van der Waals surface area contributed by atoms with Crippen molar-refractivity contribution in [3.05, 3.63) is 58.6 Å². The number of rotatable bonds is 6. The highest BCUT2D eigenvalue weighted by molar-refractivity contribution is 6.31. The molecule has 0 saturated carbocycles. The van der Waals surface area contributed by atoms with Gasteiger partial charge in [-0.05, 0) is 48.4 Å². The number of nitrogens with one attached hydrogen (secondary N) is 1. The summed E-state index contributed by atoms with van der Waals surface area (Å²) >= 11 is 5.94. The van der Waals surface area contributed by atoms with E-state index in [1.165, 1.54) is 0 Å². The minimum Gasteiger partial charge on any atom is -0.484 e. The average molecular weight is 346 g/mol. The summed E-state index contributed by atoms with van der Waals surface area (Å²) in [6.07, 6.45) is 1.59. The zero-order valence-electron chi connectivity index (χ0n) is 13.9. The highest BCUT2D eigenvalue weighted by Gasteiger charge is 2.03. The molecule has 0 aliphatic rings. The molecule has 0 unspecified atom stereocenters. The van der Waals surface area contributed by atoms with Crippen molar-refractivity contribution in [3.63, 3.8) is 0 Å². The van der Waals surface area contributed by atoms with Crippen molar-refractivity contribution >= 4 is 29.4 Å². The summed E-state index contributed by atoms with van der Waals surface area (Å²) in [5.74, 6) is 0.263. The highest BCUT2D eigenvalue weighted by Crippen LogP contribution is 2.20. The lowest BCUT2D eigenvalue weighted by molar-refractivity contribution is -0.123. The monoisotopic (exact) mass is 345 g/mol. The van der Waals surface area contributed by atoms with Crippen LogP contribution >= 0.6 is 11.6 Å². The largest absolute Gasteiger partial charge is 0.484 e. The summed E-state index contributed by atoms with van der Waals surface area (Å²) in [6, 6.07) is 13.1. The Bertz CT molecular complexity index is 728. The molecule has 0 aliphatic carbocycles. The fourth-order valence-corrected chi connectivity index (χ4v) is 2.04. The number of aryl methyl sites for hydroxylation is 1. The number of nitrogens with zero attached hydrogens (tertiary/aromatic N) is 2. The van der Waals surface area contributed by atoms with Gasteiger partial charge in [-0.2, -0.15) is 5.10 Å². The third-order valence-electron chi connectivity index (χ3n) is 3.31. The molecule has 0 bridgehead atoms. The molecular weight excluding hydrogens is 326 g/mol. The van der Waals surface area contributed by atoms with Crippen molar-refractivity contribution in [2.45, 2.75) is 6.92 Å². The Hall–Kier alpha value is -2.53. The maximum Gasteiger partial charge on any atom is 0.277 e. The van der Waals surface area contributed by atoms with E-state index in [4.69, 9.17) is 16.3 Å². The molecule has 0 atom stereocenters. The van der Waals surface area contributed by atoms with Gasteiger partial charge in [-0.25, -0.2) is 5.43 Å². The quantitative estimate of drug-likeness (QED) is 0.646. The summed E-state index contributed by atoms with van der Waals surface area (Å²) in [4.78, 5) is 13.7. The van der Waals surface area contributed by atoms with Gasteiger partial charge >= 0.3 is 0 Å². The third-order valence-corrected chi connectivity index (χ3v) is 3.74. The van der Waals surface area contributed by atoms with Gasteiger partial charge in [0.2, 0.25) is 0 Å². The van der Waals surface area contributed by atoms with Crippen molar-refractivity contribution in [1.29, 1.82) is 0 Å². The lowest BCUT2D eigenvalue weighted by atomic mass is 10.2. The maximum absolute atomic E-state index is 11.7. The zero-order valence-corrected chi connectivity index (χ0v) is 14.7. The Morgan fingerprint density at radius 1 is 1.25 bits per heavy atom. The van der Waals surface area contributed by atoms with E-state index in [2.05, 4.69) is 10.5 Å². The first kappa shape index (κ1) is 17.8. The van der Waals surface area contributed by atoms with Crippen LogP contribution in [0.25, 0.3) is 0 Å². The number of halogens is 1. The lowest BCUT2D eigenvalue weighted by Gasteiger charge is -2.11. The Morgan fingerprint density at radius 2 is 1.96 bits per heavy atom. The molecule has 1 amide bonds. The first-order valence-corrected chi connectivity index (χ1v) is 7.82. The zero-order chi connectivity index (χ0) is 17.5. The van der Waals surface area contributed by atoms with Crippen LogP contribution in [-0.2, 0) is 4.79 Å². The van der Waals surface area contributed by atoms with E-state index in [9.17, 15) is 4.79 Å². The second kappa shape index (κ2) is 8.36. The number of carbonyl (C=O) groups excluding carboxylic acids is 1. The first-order valence-electron chi connectivity index (χ1n) is 7.44. The van der Waals surface area contributed by atoms with E-state index in [0.717, 1.165) is 16.8 Å². The van der Waals surface area contributed by atoms with Crippen LogP contribution in [-0.4, -0.2) is 32.8 Å². The molecule has 0 aliphatic heterocycles. The molecule has 0 fully saturated rings. The number of anilines is 1. The number of hydrogen-bond donors (Lipinski definition) is 1. The Labute approximate surface area is 146 Å². The molecule has 24 heavy (non-hydrogen) atoms. The molecule has 2 aromatic carbocycles. The predicted molar refractivity (Wildman–Crippen MR) is 98.2 cm³/mol. The predicted octanol–water partition coefficient (Wildman–Crippen LogP) is 3.24. The topological polar surface area (TPSA) is 53.9 Å². The molecule has 126 valence electrons. The molecule has 5 nitrogen and oxygen atoms in total. The molecule has 0 spiro atoms. The van der Waals surface area contributed by atoms with Crippen molar-refractivity contribution in [2.24, 2.45) is 5.10 Å². The van der Waals surface area contributed by atoms with Gasteiger partial charge in [0.1, 0.15) is 5.75 Å². The van der Waals surface area contributed by atoms with Gasteiger partial charge in [0.15, 0.2) is 6.61 Å². The third kappa shape index (κ3) is 5.28. The van der Waals surface area contributed by atoms with Crippen molar-refractivity contribution < 1.29 is 9.53 Å². The van der Waals surface area contributed by atoms with Gasteiger partial charge < -0.3 is 9.64 Å². The standard InChI is InChI=1S/C18H20ClN3O2/c1-13-10-16(8-9-17(13)19)24-12-18(23)21-20-11-14-4-6-15(7-5-14)22(2)3/h4-11H,12H2,1-3H3,(H,21,23)/b20-11+. The lowest BCUT2D eigenvalue weighted by Crippen LogP contribution is -2.24. The van der Waals surface area contributed by atoms with Crippen LogP contribution in [0.15, 0.2) is 47.6 Å². The molecule has 0 aromatic heterocycles. The normalized spacial score (nSPS) is 10.7. The summed E-state index contributed by atoms with van der Waals surface area (Å²) < 4.78 is 5.40. The minimum absolute atomic E-state index is 0.113. The number of hydrazone groups is 1. The molecule has 0 radical (unpaired) electrons. The van der Waals surface area contributed by atoms with E-state index in [0.29, 0.717) is 10.8 Å². The number of carbonyl (C=O) groups is 1. The van der Waals surface area contributed by atoms with Gasteiger partial charge in [-0.15, -0.1) is 0 Å². The van der Waals surface area contributed by atoms with Crippen molar-refractivity contribution in [3.8, 4) is 5.75 Å². The fourth-order valence-electron chi connectivity index (χ4n) is 1.93. The summed E-state index contributed by atoms with van der Waals surface area (Å²) in [5.41, 5.74) is 5.33. The number of benzene rings is 2. The molecular formula is C18H20ClN3O2. The Balaban J connectivity index is 1.80. The Kier molecular flexibility index (Phi) is 6.21. The first-order chi connectivity index (χ1) is 11.5. The molecule has 2 rings (SSSR count). The molecule has 2 aromatic rings. The van der Waals surface area contributed by atoms with E-state index < -0.39 is 0 Å². The number of amides is 1. The van der Waals surface area contributed by atoms with Crippen molar-refractivity contribution in [2.75, 3.05) is 25.6 Å². The molecule has 1 N–H and O–H groups in total. The second-order valence-corrected chi connectivity index (χ2v) is 5.89. The van der Waals surface area contributed by atoms with Crippen LogP contribution in [0.1, 0.15) is 11.1 Å². The van der Waals surface area contributed by atoms with Crippen molar-refractivity contribution in [1.82, 2.24) is 5.43 Å². The minimum atomic E-state index is -0.330. The van der Waals surface area contributed by atoms with Gasteiger partial charge in [0, 0.05) is 24.8 Å². The molecule has 0 heterocycles. The summed E-state index contributed by atoms with van der Waals surface area (Å²) in [6.45, 7) is 1.76. The number of ether oxygens (including phenoxy) is 1. The van der Waals surface area contributed by atoms with Gasteiger partial charge in [-0.1, -0.05) is 23.7 Å². The fraction of sp³-hybridized carbons (Fsp3) is 0.222. The Morgan fingerprint density at radius 3 is 2.58 bits per heavy atom. The van der Waals surface area contributed by atoms with Gasteiger partial charge in [0.25, 0.3) is 5.91 Å². The SMILES string of the molecule is Cc1cc(OCC(=O)N/N=C/c2ccc(N(C)C)cc2)ccc1Cl. The number of hydrogen-bond acceptors (Lipinski definition) is 4. The van der Waals surface area contributed by atoms with E-state index in [-0.39, 0.29) is 12.5 Å². The average Bonchev–Trinajstić information content (AvgIpc) is 2.56. The van der Waals surface area contributed by atoms with Gasteiger partial charge in [0.05, 0.1) is 6.21 Å². The van der Waals surface area contributed by atoms with Crippen LogP contribution in [0, 0.1) is 6.92 Å². The van der Waals surface area contributed by atoms with E-state index in [1.54, 1.807) is 24.4 Å². The second-order valence-electron chi connectivity index (χ2n) is 5.48. The van der Waals surface area contributed by atoms with E-state index >= 15 is 0 Å². The van der Waals surface area contributed by atoms with Crippen LogP contribution < -0.4 is 15.1 Å². The molecule has 0 saturated heterocycles. The van der Waals surface area contributed by atoms with Crippen LogP contribution in [0.3, 0.4) is 0 Å². The highest BCUT2D eigenvalue weighted by atomic mass is 35.5. The molecule has 6 heteroatoms. The van der Waals surface area contributed by atoms with E-state index in [1.807, 2.05) is 50.2 Å². The smallest absolute Gasteiger partial charge is 0.277 e. The summed E-state index contributed by atoms with van der Waals surface area (Å²) in [5, 5.41) is 4.58. The maximum atomic E-state index is 11.7. The summed E-state index contributed by atoms with van der Waals surface area (Å²) in [7, 11) is 3.96. The van der Waals surface area contributed by atoms with Crippen LogP contribution in [0.2, 0.25) is 5.02 Å².